The summed E-state index contributed by atoms with van der Waals surface area (Å²) < 4.78 is 10.1. The van der Waals surface area contributed by atoms with E-state index in [9.17, 15) is 0 Å². The van der Waals surface area contributed by atoms with Crippen LogP contribution in [0.25, 0.3) is 43.6 Å². The van der Waals surface area contributed by atoms with Crippen molar-refractivity contribution in [1.29, 1.82) is 0 Å². The summed E-state index contributed by atoms with van der Waals surface area (Å²) in [7, 11) is 8.83. The molecule has 11 heterocycles. The lowest BCUT2D eigenvalue weighted by Crippen LogP contribution is -2.27. The van der Waals surface area contributed by atoms with Gasteiger partial charge in [0.05, 0.1) is 21.1 Å². The molecule has 7 aromatic heterocycles. The third-order valence-corrected chi connectivity index (χ3v) is 23.9. The molecule has 17 rings (SSSR count). The number of fused-ring (bicyclic) bond motifs is 13. The summed E-state index contributed by atoms with van der Waals surface area (Å²) in [4.78, 5) is 18.5. The summed E-state index contributed by atoms with van der Waals surface area (Å²) in [5.41, 5.74) is 32.4. The summed E-state index contributed by atoms with van der Waals surface area (Å²) >= 11 is 21.0. The van der Waals surface area contributed by atoms with Crippen LogP contribution in [0.15, 0.2) is 132 Å². The lowest BCUT2D eigenvalue weighted by Gasteiger charge is -2.24. The highest BCUT2D eigenvalue weighted by Crippen LogP contribution is 2.40. The Kier molecular flexibility index (Phi) is 21.1. The molecule has 12 aromatic rings. The molecule has 0 unspecified atom stereocenters. The highest BCUT2D eigenvalue weighted by atomic mass is 35.5. The Morgan fingerprint density at radius 1 is 0.414 bits per heavy atom. The number of benzene rings is 5. The molecule has 1 aliphatic carbocycles. The Hall–Kier alpha value is -7.03. The number of nitrogens with zero attached hydrogens (tertiary/aromatic N) is 10. The molecule has 0 bridgehead atoms. The van der Waals surface area contributed by atoms with Crippen LogP contribution in [-0.4, -0.2) is 102 Å². The summed E-state index contributed by atoms with van der Waals surface area (Å²) in [5.74, 6) is 0. The Balaban J connectivity index is 0.000000113. The van der Waals surface area contributed by atoms with Crippen molar-refractivity contribution in [2.75, 3.05) is 54.4 Å². The van der Waals surface area contributed by atoms with Gasteiger partial charge in [0.1, 0.15) is 0 Å². The molecule has 14 heteroatoms. The van der Waals surface area contributed by atoms with Gasteiger partial charge < -0.3 is 37.9 Å². The van der Waals surface area contributed by atoms with Gasteiger partial charge in [-0.05, 0) is 247 Å². The normalized spacial score (nSPS) is 15.6. The second-order valence-corrected chi connectivity index (χ2v) is 31.1. The maximum Gasteiger partial charge on any atom is 0.0689 e. The van der Waals surface area contributed by atoms with E-state index >= 15 is 0 Å². The van der Waals surface area contributed by atoms with Gasteiger partial charge in [-0.25, -0.2) is 0 Å². The largest absolute Gasteiger partial charge is 0.344 e. The third kappa shape index (κ3) is 14.9. The van der Waals surface area contributed by atoms with Crippen molar-refractivity contribution in [2.45, 2.75) is 164 Å². The minimum atomic E-state index is 0.630. The molecular weight excluding hydrogens is 1300 g/mol. The predicted molar refractivity (Wildman–Crippen MR) is 417 cm³/mol. The summed E-state index contributed by atoms with van der Waals surface area (Å²) in [5, 5.41) is 12.1. The molecule has 0 radical (unpaired) electrons. The van der Waals surface area contributed by atoms with Crippen LogP contribution in [0.4, 0.5) is 0 Å². The average molecular weight is 1400 g/mol. The number of aromatic nitrogens is 6. The molecule has 4 aliphatic heterocycles. The lowest BCUT2D eigenvalue weighted by molar-refractivity contribution is 0.309. The molecule has 10 nitrogen and oxygen atoms in total. The fourth-order valence-electron chi connectivity index (χ4n) is 16.6. The molecule has 5 aromatic carbocycles. The molecule has 5 aliphatic rings. The van der Waals surface area contributed by atoms with Crippen LogP contribution < -0.4 is 0 Å². The molecule has 99 heavy (non-hydrogen) atoms. The van der Waals surface area contributed by atoms with Crippen molar-refractivity contribution in [3.05, 3.63) is 254 Å². The quantitative estimate of drug-likeness (QED) is 0.121. The zero-order valence-corrected chi connectivity index (χ0v) is 62.8. The lowest BCUT2D eigenvalue weighted by atomic mass is 9.87. The first kappa shape index (κ1) is 69.1. The van der Waals surface area contributed by atoms with Crippen LogP contribution in [0.5, 0.6) is 0 Å². The van der Waals surface area contributed by atoms with E-state index in [1.54, 1.807) is 39.2 Å². The van der Waals surface area contributed by atoms with Gasteiger partial charge >= 0.3 is 0 Å². The molecule has 0 N–H and O–H groups in total. The fraction of sp³-hybridized carbons (Fsp3) is 0.388. The van der Waals surface area contributed by atoms with E-state index in [0.717, 1.165) is 126 Å². The maximum atomic E-state index is 6.58. The number of halogens is 3. The summed E-state index contributed by atoms with van der Waals surface area (Å²) in [6.45, 7) is 23.4. The molecule has 0 spiro atoms. The molecule has 0 atom stereocenters. The first-order valence-corrected chi connectivity index (χ1v) is 38.2. The van der Waals surface area contributed by atoms with Crippen LogP contribution in [0.2, 0.25) is 15.1 Å². The number of pyridine rings is 2. The van der Waals surface area contributed by atoms with Gasteiger partial charge in [-0.1, -0.05) is 94.5 Å². The highest BCUT2D eigenvalue weighted by molar-refractivity contribution is 7.08. The molecular formula is C85H97Cl3N10S. The monoisotopic (exact) mass is 1390 g/mol. The maximum absolute atomic E-state index is 6.58. The average Bonchev–Trinajstić information content (AvgIpc) is 1.62. The van der Waals surface area contributed by atoms with Crippen molar-refractivity contribution >= 4 is 89.8 Å². The van der Waals surface area contributed by atoms with Crippen LogP contribution in [0.3, 0.4) is 0 Å². The number of aryl methyl sites for hydroxylation is 14. The van der Waals surface area contributed by atoms with Crippen LogP contribution in [0.1, 0.15) is 119 Å². The van der Waals surface area contributed by atoms with E-state index in [0.29, 0.717) is 10.0 Å². The van der Waals surface area contributed by atoms with Crippen molar-refractivity contribution in [1.82, 2.24) is 47.8 Å². The minimum Gasteiger partial charge on any atom is -0.344 e. The number of likely N-dealkylation sites (N-methyl/N-ethyl adjacent to an activating group) is 4. The second-order valence-electron chi connectivity index (χ2n) is 29.2. The molecule has 514 valence electrons. The topological polar surface area (TPSA) is 58.5 Å². The van der Waals surface area contributed by atoms with Gasteiger partial charge in [-0.2, -0.15) is 11.3 Å². The van der Waals surface area contributed by atoms with E-state index in [-0.39, 0.29) is 0 Å². The number of hydrogen-bond donors (Lipinski definition) is 0. The Labute approximate surface area is 605 Å². The zero-order chi connectivity index (χ0) is 68.6. The minimum absolute atomic E-state index is 0.630. The smallest absolute Gasteiger partial charge is 0.0689 e. The molecule has 0 saturated heterocycles. The van der Waals surface area contributed by atoms with E-state index < -0.39 is 0 Å². The summed E-state index contributed by atoms with van der Waals surface area (Å²) in [6.07, 6.45) is 18.0. The first-order valence-electron chi connectivity index (χ1n) is 36.2. The van der Waals surface area contributed by atoms with Crippen LogP contribution >= 0.6 is 46.1 Å². The van der Waals surface area contributed by atoms with Crippen molar-refractivity contribution < 1.29 is 0 Å². The van der Waals surface area contributed by atoms with E-state index in [1.165, 1.54) is 146 Å². The summed E-state index contributed by atoms with van der Waals surface area (Å²) in [6, 6.07) is 39.8. The number of thiophene rings is 1. The second kappa shape index (κ2) is 30.3. The standard InChI is InChI=1S/C25H30N2.C20H21Cl2N3.C20H22ClN3.C20H24N2S/c1-18-10-11-24-22(16-18)23-17-26(2)14-13-25(23)27(24)15-12-20-8-5-7-19-6-3-4-9-21(19)20;1-13-3-4-14(11-23-13)7-10-25-17-8-9-24(2)12-15(17)19-18(25)6-5-16(21)20(19)22;1-14-3-4-15(12-22-14)7-10-24-19-8-9-23(2)13-18(19)17-6-5-16(21)11-20(17)24;1-14-4-5-19-17(10-14)18-11-21(3)8-7-20(18)22(19)9-6-16-13-23-12-15(16)2/h5,7-8,10-11,16H,3-4,6,9,12-15,17H2,1-2H3;3-6,11H,7-10,12H2,1-2H3;3-6,11-12H,7-10,13H2,1-2H3;4-5,10,12-13H,6-9,11H2,1-3H3. The zero-order valence-electron chi connectivity index (χ0n) is 59.7. The van der Waals surface area contributed by atoms with Gasteiger partial charge in [-0.15, -0.1) is 0 Å². The van der Waals surface area contributed by atoms with E-state index in [1.807, 2.05) is 49.7 Å². The Bertz CT molecular complexity index is 4890. The highest BCUT2D eigenvalue weighted by Gasteiger charge is 2.28. The van der Waals surface area contributed by atoms with Crippen molar-refractivity contribution in [3.8, 4) is 0 Å². The van der Waals surface area contributed by atoms with E-state index in [2.05, 4.69) is 205 Å². The number of hydrogen-bond acceptors (Lipinski definition) is 7. The van der Waals surface area contributed by atoms with Gasteiger partial charge in [0.25, 0.3) is 0 Å². The molecule has 0 fully saturated rings. The predicted octanol–water partition coefficient (Wildman–Crippen LogP) is 18.7. The van der Waals surface area contributed by atoms with Crippen molar-refractivity contribution in [3.63, 3.8) is 0 Å². The number of rotatable bonds is 12. The van der Waals surface area contributed by atoms with Crippen LogP contribution in [-0.2, 0) is 117 Å². The molecule has 0 saturated carbocycles. The van der Waals surface area contributed by atoms with Gasteiger partial charge in [0.15, 0.2) is 0 Å². The third-order valence-electron chi connectivity index (χ3n) is 22.0. The SMILES string of the molecule is Cc1ccc(CCn2c3c(c4c(Cl)c(Cl)ccc42)CN(C)CC3)cn1.Cc1ccc(CCn2c3c(c4ccc(Cl)cc42)CN(C)CC3)cn1.Cc1ccc2c(c1)c1c(n2CCc2cccc3c2CCCC3)CCN(C)C1.Cc1ccc2c(c1)c1c(n2CCc2cscc2C)CCN(C)C1. The fourth-order valence-corrected chi connectivity index (χ4v) is 18.0. The van der Waals surface area contributed by atoms with Crippen LogP contribution in [0, 0.1) is 34.6 Å². The van der Waals surface area contributed by atoms with Gasteiger partial charge in [0.2, 0.25) is 0 Å². The molecule has 0 amide bonds. The van der Waals surface area contributed by atoms with Gasteiger partial charge in [-0.3, -0.25) is 9.97 Å². The van der Waals surface area contributed by atoms with E-state index in [4.69, 9.17) is 34.8 Å². The van der Waals surface area contributed by atoms with Gasteiger partial charge in [0, 0.05) is 188 Å². The van der Waals surface area contributed by atoms with Crippen molar-refractivity contribution in [2.24, 2.45) is 0 Å². The first-order chi connectivity index (χ1) is 48.0. The Morgan fingerprint density at radius 2 is 0.899 bits per heavy atom. The Morgan fingerprint density at radius 3 is 1.43 bits per heavy atom.